The smallest absolute Gasteiger partial charge is 0.285 e. The molecule has 24 heavy (non-hydrogen) atoms. The van der Waals surface area contributed by atoms with E-state index in [2.05, 4.69) is 9.38 Å². The van der Waals surface area contributed by atoms with Crippen molar-refractivity contribution in [2.75, 3.05) is 42.4 Å². The molecule has 0 aromatic carbocycles. The van der Waals surface area contributed by atoms with Crippen LogP contribution in [0, 0.1) is 5.82 Å². The van der Waals surface area contributed by atoms with Crippen LogP contribution < -0.4 is 0 Å². The highest BCUT2D eigenvalue weighted by molar-refractivity contribution is 7.90. The Kier molecular flexibility index (Phi) is 9.93. The summed E-state index contributed by atoms with van der Waals surface area (Å²) in [5, 5.41) is -0.379. The van der Waals surface area contributed by atoms with E-state index in [0.29, 0.717) is 0 Å². The van der Waals surface area contributed by atoms with Crippen LogP contribution in [-0.4, -0.2) is 78.4 Å². The molecule has 0 saturated carbocycles. The second-order valence-electron chi connectivity index (χ2n) is 4.85. The highest BCUT2D eigenvalue weighted by Gasteiger charge is 2.15. The number of halogens is 2. The second kappa shape index (κ2) is 10.5. The normalized spacial score (nSPS) is 11.8. The average molecular weight is 385 g/mol. The van der Waals surface area contributed by atoms with Crippen LogP contribution in [0.2, 0.25) is 5.15 Å². The Morgan fingerprint density at radius 2 is 1.83 bits per heavy atom. The molecule has 138 valence electrons. The molecule has 0 aliphatic heterocycles. The van der Waals surface area contributed by atoms with Gasteiger partial charge in [0.15, 0.2) is 11.0 Å². The number of aromatic nitrogens is 1. The van der Waals surface area contributed by atoms with Gasteiger partial charge in [0.05, 0.1) is 0 Å². The zero-order valence-corrected chi connectivity index (χ0v) is 16.0. The maximum absolute atomic E-state index is 13.0. The number of methoxy groups -OCH3 is 2. The molecule has 11 heteroatoms. The van der Waals surface area contributed by atoms with Gasteiger partial charge < -0.3 is 14.4 Å². The van der Waals surface area contributed by atoms with E-state index in [1.807, 2.05) is 19.0 Å². The van der Waals surface area contributed by atoms with Crippen molar-refractivity contribution >= 4 is 28.0 Å². The van der Waals surface area contributed by atoms with E-state index < -0.39 is 15.8 Å². The van der Waals surface area contributed by atoms with E-state index in [1.165, 1.54) is 4.90 Å². The number of rotatable bonds is 6. The molecular formula is C13H22ClFN4O4S. The van der Waals surface area contributed by atoms with Crippen molar-refractivity contribution in [2.24, 2.45) is 4.40 Å². The lowest BCUT2D eigenvalue weighted by atomic mass is 10.5. The van der Waals surface area contributed by atoms with Gasteiger partial charge >= 0.3 is 0 Å². The van der Waals surface area contributed by atoms with E-state index in [9.17, 15) is 12.8 Å². The summed E-state index contributed by atoms with van der Waals surface area (Å²) in [5.74, 6) is -0.900. The predicted molar refractivity (Wildman–Crippen MR) is 90.1 cm³/mol. The summed E-state index contributed by atoms with van der Waals surface area (Å²) in [6.07, 6.45) is 1.84. The molecule has 0 aliphatic carbocycles. The largest absolute Gasteiger partial charge is 0.368 e. The number of hydrogen-bond donors (Lipinski definition) is 0. The van der Waals surface area contributed by atoms with Gasteiger partial charge in [-0.05, 0) is 20.2 Å². The Balaban J connectivity index is 0.000000561. The van der Waals surface area contributed by atoms with Crippen LogP contribution in [0.15, 0.2) is 21.6 Å². The number of sulfonamides is 1. The SMILES string of the molecule is CN(C)C=NS(=O)(=O)c1cnc(Cl)c(F)c1.COC(OC)N(C)C. The molecule has 0 radical (unpaired) electrons. The maximum atomic E-state index is 13.0. The third-order valence-electron chi connectivity index (χ3n) is 2.31. The van der Waals surface area contributed by atoms with Crippen molar-refractivity contribution in [3.63, 3.8) is 0 Å². The van der Waals surface area contributed by atoms with Gasteiger partial charge in [-0.3, -0.25) is 4.90 Å². The van der Waals surface area contributed by atoms with E-state index in [4.69, 9.17) is 21.1 Å². The predicted octanol–water partition coefficient (Wildman–Crippen LogP) is 1.28. The monoisotopic (exact) mass is 384 g/mol. The molecule has 0 bridgehead atoms. The van der Waals surface area contributed by atoms with Crippen molar-refractivity contribution in [2.45, 2.75) is 11.3 Å². The van der Waals surface area contributed by atoms with Gasteiger partial charge in [0.2, 0.25) is 6.41 Å². The fourth-order valence-electron chi connectivity index (χ4n) is 1.28. The summed E-state index contributed by atoms with van der Waals surface area (Å²) in [7, 11) is 6.28. The first-order chi connectivity index (χ1) is 11.0. The van der Waals surface area contributed by atoms with Crippen molar-refractivity contribution in [1.82, 2.24) is 14.8 Å². The van der Waals surface area contributed by atoms with Gasteiger partial charge in [0.25, 0.3) is 10.0 Å². The Hall–Kier alpha value is -1.33. The molecule has 0 spiro atoms. The molecule has 0 aliphatic rings. The molecule has 0 unspecified atom stereocenters. The van der Waals surface area contributed by atoms with E-state index in [1.54, 1.807) is 28.3 Å². The number of hydrogen-bond acceptors (Lipinski definition) is 6. The second-order valence-corrected chi connectivity index (χ2v) is 6.84. The molecule has 0 N–H and O–H groups in total. The highest BCUT2D eigenvalue weighted by atomic mass is 35.5. The fraction of sp³-hybridized carbons (Fsp3) is 0.538. The molecule has 0 atom stereocenters. The topological polar surface area (TPSA) is 84.3 Å². The van der Waals surface area contributed by atoms with Crippen LogP contribution in [0.5, 0.6) is 0 Å². The summed E-state index contributed by atoms with van der Waals surface area (Å²) in [6.45, 7) is 0. The van der Waals surface area contributed by atoms with Gasteiger partial charge in [-0.15, -0.1) is 4.40 Å². The fourth-order valence-corrected chi connectivity index (χ4v) is 2.26. The summed E-state index contributed by atoms with van der Waals surface area (Å²) in [5.41, 5.74) is 0. The lowest BCUT2D eigenvalue weighted by Crippen LogP contribution is -2.30. The van der Waals surface area contributed by atoms with Crippen LogP contribution in [0.1, 0.15) is 0 Å². The van der Waals surface area contributed by atoms with Crippen molar-refractivity contribution in [3.05, 3.63) is 23.2 Å². The summed E-state index contributed by atoms with van der Waals surface area (Å²) in [4.78, 5) is 6.33. The third-order valence-corrected chi connectivity index (χ3v) is 3.78. The molecular weight excluding hydrogens is 363 g/mol. The minimum Gasteiger partial charge on any atom is -0.368 e. The molecule has 0 fully saturated rings. The summed E-state index contributed by atoms with van der Waals surface area (Å²) in [6, 6.07) is 0.775. The molecule has 0 amide bonds. The van der Waals surface area contributed by atoms with Crippen LogP contribution in [0.3, 0.4) is 0 Å². The minimum absolute atomic E-state index is 0.213. The van der Waals surface area contributed by atoms with E-state index in [0.717, 1.165) is 18.6 Å². The van der Waals surface area contributed by atoms with Gasteiger partial charge in [-0.2, -0.15) is 8.42 Å². The lowest BCUT2D eigenvalue weighted by Gasteiger charge is -2.19. The molecule has 1 heterocycles. The molecule has 0 saturated heterocycles. The number of nitrogens with zero attached hydrogens (tertiary/aromatic N) is 4. The van der Waals surface area contributed by atoms with Crippen LogP contribution in [0.25, 0.3) is 0 Å². The summed E-state index contributed by atoms with van der Waals surface area (Å²) < 4.78 is 49.1. The number of ether oxygens (including phenoxy) is 2. The van der Waals surface area contributed by atoms with Gasteiger partial charge in [-0.25, -0.2) is 9.37 Å². The first-order valence-corrected chi connectivity index (χ1v) is 8.37. The zero-order valence-electron chi connectivity index (χ0n) is 14.4. The zero-order chi connectivity index (χ0) is 18.9. The molecule has 1 aromatic rings. The lowest BCUT2D eigenvalue weighted by molar-refractivity contribution is -0.179. The van der Waals surface area contributed by atoms with Gasteiger partial charge in [-0.1, -0.05) is 11.6 Å². The maximum Gasteiger partial charge on any atom is 0.285 e. The third kappa shape index (κ3) is 7.97. The molecule has 8 nitrogen and oxygen atoms in total. The van der Waals surface area contributed by atoms with Crippen molar-refractivity contribution in [1.29, 1.82) is 0 Å². The van der Waals surface area contributed by atoms with Crippen LogP contribution in [0.4, 0.5) is 4.39 Å². The summed E-state index contributed by atoms with van der Waals surface area (Å²) >= 11 is 5.33. The minimum atomic E-state index is -3.93. The quantitative estimate of drug-likeness (QED) is 0.316. The first-order valence-electron chi connectivity index (χ1n) is 6.55. The Morgan fingerprint density at radius 3 is 2.17 bits per heavy atom. The first kappa shape index (κ1) is 22.7. The molecule has 1 aromatic heterocycles. The van der Waals surface area contributed by atoms with Crippen molar-refractivity contribution < 1.29 is 22.3 Å². The van der Waals surface area contributed by atoms with Gasteiger partial charge in [0, 0.05) is 34.5 Å². The average Bonchev–Trinajstić information content (AvgIpc) is 2.49. The highest BCUT2D eigenvalue weighted by Crippen LogP contribution is 2.17. The van der Waals surface area contributed by atoms with E-state index in [-0.39, 0.29) is 16.5 Å². The standard InChI is InChI=1S/C8H9ClFN3O2S.C5H13NO2/c1-13(2)5-12-16(14,15)6-3-7(10)8(9)11-4-6;1-6(2)5(7-3)8-4/h3-5H,1-2H3;5H,1-4H3. The van der Waals surface area contributed by atoms with Crippen LogP contribution in [-0.2, 0) is 19.5 Å². The Labute approximate surface area is 146 Å². The molecule has 1 rings (SSSR count). The van der Waals surface area contributed by atoms with Crippen LogP contribution >= 0.6 is 11.6 Å². The van der Waals surface area contributed by atoms with Gasteiger partial charge in [0.1, 0.15) is 11.2 Å². The van der Waals surface area contributed by atoms with Crippen molar-refractivity contribution in [3.8, 4) is 0 Å². The Morgan fingerprint density at radius 1 is 1.29 bits per heavy atom. The van der Waals surface area contributed by atoms with E-state index >= 15 is 0 Å². The Bertz CT molecular complexity index is 637. The number of pyridine rings is 1.